The molecule has 5 aromatic carbocycles. The molecule has 0 N–H and O–H groups in total. The van der Waals surface area contributed by atoms with Crippen LogP contribution >= 0.6 is 11.3 Å². The van der Waals surface area contributed by atoms with Gasteiger partial charge in [0.15, 0.2) is 0 Å². The molecule has 0 nitrogen and oxygen atoms in total. The molecule has 178 valence electrons. The van der Waals surface area contributed by atoms with Crippen LogP contribution < -0.4 is 0 Å². The van der Waals surface area contributed by atoms with E-state index in [9.17, 15) is 0 Å². The Morgan fingerprint density at radius 2 is 1.11 bits per heavy atom. The lowest BCUT2D eigenvalue weighted by atomic mass is 9.72. The van der Waals surface area contributed by atoms with Crippen molar-refractivity contribution in [1.29, 1.82) is 0 Å². The number of rotatable bonds is 1. The van der Waals surface area contributed by atoms with E-state index in [1.165, 1.54) is 75.8 Å². The summed E-state index contributed by atoms with van der Waals surface area (Å²) in [6.07, 6.45) is 0. The molecule has 1 heterocycles. The Balaban J connectivity index is 1.39. The van der Waals surface area contributed by atoms with E-state index < -0.39 is 0 Å². The van der Waals surface area contributed by atoms with Crippen molar-refractivity contribution in [3.05, 3.63) is 119 Å². The summed E-state index contributed by atoms with van der Waals surface area (Å²) in [6, 6.07) is 36.3. The molecule has 1 aromatic heterocycles. The summed E-state index contributed by atoms with van der Waals surface area (Å²) >= 11 is 1.97. The van der Waals surface area contributed by atoms with Gasteiger partial charge in [-0.3, -0.25) is 0 Å². The standard InChI is InChI=1S/C36H28S/c1-35(2)29-13-9-8-12-23(29)25-16-17-26-27-18-19-28-24-15-14-22(21-10-6-5-7-11-21)20-30(24)37-34(28)33(27)36(3,4)32(26)31(25)35/h5-20H,1-4H3. The van der Waals surface area contributed by atoms with Crippen LogP contribution in [0.5, 0.6) is 0 Å². The summed E-state index contributed by atoms with van der Waals surface area (Å²) < 4.78 is 2.82. The zero-order chi connectivity index (χ0) is 25.1. The fourth-order valence-electron chi connectivity index (χ4n) is 7.37. The first kappa shape index (κ1) is 21.4. The average molecular weight is 493 g/mol. The SMILES string of the molecule is CC1(C)c2ccccc2-c2ccc3c(c21)C(C)(C)c1c-3ccc2c1sc1cc(-c3ccccc3)ccc12. The van der Waals surface area contributed by atoms with Gasteiger partial charge in [0.2, 0.25) is 0 Å². The van der Waals surface area contributed by atoms with Gasteiger partial charge in [0.1, 0.15) is 0 Å². The Morgan fingerprint density at radius 3 is 1.92 bits per heavy atom. The van der Waals surface area contributed by atoms with E-state index in [0.29, 0.717) is 0 Å². The molecular formula is C36H28S. The Hall–Kier alpha value is -3.68. The molecule has 0 amide bonds. The first-order chi connectivity index (χ1) is 17.9. The number of thiophene rings is 1. The van der Waals surface area contributed by atoms with Crippen LogP contribution in [0.2, 0.25) is 0 Å². The van der Waals surface area contributed by atoms with Crippen LogP contribution in [0.4, 0.5) is 0 Å². The molecule has 0 saturated heterocycles. The Labute approximate surface area is 222 Å². The summed E-state index contributed by atoms with van der Waals surface area (Å²) in [7, 11) is 0. The van der Waals surface area contributed by atoms with Gasteiger partial charge < -0.3 is 0 Å². The predicted molar refractivity (Wildman–Crippen MR) is 160 cm³/mol. The van der Waals surface area contributed by atoms with E-state index in [2.05, 4.69) is 125 Å². The van der Waals surface area contributed by atoms with Crippen molar-refractivity contribution in [1.82, 2.24) is 0 Å². The van der Waals surface area contributed by atoms with Crippen LogP contribution in [0.25, 0.3) is 53.6 Å². The summed E-state index contributed by atoms with van der Waals surface area (Å²) in [5, 5.41) is 2.76. The minimum absolute atomic E-state index is 0.0134. The topological polar surface area (TPSA) is 0 Å². The molecule has 0 unspecified atom stereocenters. The van der Waals surface area contributed by atoms with Gasteiger partial charge in [-0.2, -0.15) is 0 Å². The number of fused-ring (bicyclic) bond motifs is 11. The molecule has 0 saturated carbocycles. The molecule has 0 atom stereocenters. The van der Waals surface area contributed by atoms with Crippen molar-refractivity contribution < 1.29 is 0 Å². The molecule has 2 aliphatic carbocycles. The maximum Gasteiger partial charge on any atom is 0.0402 e. The van der Waals surface area contributed by atoms with Crippen LogP contribution in [-0.4, -0.2) is 0 Å². The number of hydrogen-bond acceptors (Lipinski definition) is 1. The molecule has 0 fully saturated rings. The fourth-order valence-corrected chi connectivity index (χ4v) is 8.82. The van der Waals surface area contributed by atoms with Gasteiger partial charge in [0.05, 0.1) is 0 Å². The third-order valence-electron chi connectivity index (χ3n) is 9.01. The quantitative estimate of drug-likeness (QED) is 0.214. The van der Waals surface area contributed by atoms with Crippen LogP contribution in [-0.2, 0) is 10.8 Å². The lowest BCUT2D eigenvalue weighted by Crippen LogP contribution is -2.24. The highest BCUT2D eigenvalue weighted by Crippen LogP contribution is 2.60. The second-order valence-corrected chi connectivity index (χ2v) is 12.8. The third-order valence-corrected chi connectivity index (χ3v) is 10.2. The van der Waals surface area contributed by atoms with Gasteiger partial charge in [-0.05, 0) is 61.7 Å². The van der Waals surface area contributed by atoms with Crippen LogP contribution in [0.1, 0.15) is 49.9 Å². The summed E-state index contributed by atoms with van der Waals surface area (Å²) in [4.78, 5) is 0. The second kappa shape index (κ2) is 7.00. The van der Waals surface area contributed by atoms with E-state index in [-0.39, 0.29) is 10.8 Å². The Morgan fingerprint density at radius 1 is 0.486 bits per heavy atom. The largest absolute Gasteiger partial charge is 0.135 e. The van der Waals surface area contributed by atoms with Crippen molar-refractivity contribution in [2.75, 3.05) is 0 Å². The molecule has 0 radical (unpaired) electrons. The van der Waals surface area contributed by atoms with E-state index >= 15 is 0 Å². The third kappa shape index (κ3) is 2.63. The molecule has 0 bridgehead atoms. The predicted octanol–water partition coefficient (Wildman–Crippen LogP) is 10.3. The van der Waals surface area contributed by atoms with Gasteiger partial charge >= 0.3 is 0 Å². The fraction of sp³-hybridized carbons (Fsp3) is 0.167. The van der Waals surface area contributed by atoms with E-state index in [0.717, 1.165) is 0 Å². The van der Waals surface area contributed by atoms with Crippen LogP contribution in [0.3, 0.4) is 0 Å². The molecule has 0 aliphatic heterocycles. The molecule has 37 heavy (non-hydrogen) atoms. The van der Waals surface area contributed by atoms with Gasteiger partial charge in [-0.15, -0.1) is 11.3 Å². The number of benzene rings is 5. The lowest BCUT2D eigenvalue weighted by molar-refractivity contribution is 0.604. The highest BCUT2D eigenvalue weighted by Gasteiger charge is 2.46. The van der Waals surface area contributed by atoms with Crippen molar-refractivity contribution in [2.24, 2.45) is 0 Å². The molecular weight excluding hydrogens is 464 g/mol. The zero-order valence-electron chi connectivity index (χ0n) is 21.6. The van der Waals surface area contributed by atoms with Crippen molar-refractivity contribution >= 4 is 31.5 Å². The minimum atomic E-state index is -0.0715. The van der Waals surface area contributed by atoms with Gasteiger partial charge in [0, 0.05) is 31.0 Å². The lowest BCUT2D eigenvalue weighted by Gasteiger charge is -2.30. The summed E-state index contributed by atoms with van der Waals surface area (Å²) in [5.74, 6) is 0. The Kier molecular flexibility index (Phi) is 4.05. The average Bonchev–Trinajstić information content (AvgIpc) is 3.48. The first-order valence-corrected chi connectivity index (χ1v) is 14.0. The number of hydrogen-bond donors (Lipinski definition) is 0. The van der Waals surface area contributed by atoms with Gasteiger partial charge in [-0.25, -0.2) is 0 Å². The smallest absolute Gasteiger partial charge is 0.0402 e. The van der Waals surface area contributed by atoms with Crippen molar-refractivity contribution in [3.63, 3.8) is 0 Å². The van der Waals surface area contributed by atoms with Crippen molar-refractivity contribution in [2.45, 2.75) is 38.5 Å². The Bertz CT molecular complexity index is 1910. The maximum atomic E-state index is 2.45. The highest BCUT2D eigenvalue weighted by atomic mass is 32.1. The van der Waals surface area contributed by atoms with Gasteiger partial charge in [0.25, 0.3) is 0 Å². The monoisotopic (exact) mass is 492 g/mol. The highest BCUT2D eigenvalue weighted by molar-refractivity contribution is 7.26. The van der Waals surface area contributed by atoms with E-state index in [4.69, 9.17) is 0 Å². The molecule has 8 rings (SSSR count). The van der Waals surface area contributed by atoms with E-state index in [1.54, 1.807) is 0 Å². The van der Waals surface area contributed by atoms with Gasteiger partial charge in [-0.1, -0.05) is 119 Å². The van der Waals surface area contributed by atoms with Crippen molar-refractivity contribution in [3.8, 4) is 33.4 Å². The first-order valence-electron chi connectivity index (χ1n) is 13.2. The molecule has 2 aliphatic rings. The van der Waals surface area contributed by atoms with E-state index in [1.807, 2.05) is 11.3 Å². The molecule has 6 aromatic rings. The second-order valence-electron chi connectivity index (χ2n) is 11.8. The molecule has 1 heteroatoms. The minimum Gasteiger partial charge on any atom is -0.135 e. The summed E-state index contributed by atoms with van der Waals surface area (Å²) in [5.41, 5.74) is 14.1. The molecule has 0 spiro atoms. The van der Waals surface area contributed by atoms with Crippen LogP contribution in [0.15, 0.2) is 97.1 Å². The zero-order valence-corrected chi connectivity index (χ0v) is 22.5. The normalized spacial score (nSPS) is 16.0. The van der Waals surface area contributed by atoms with Crippen LogP contribution in [0, 0.1) is 0 Å². The maximum absolute atomic E-state index is 2.45. The summed E-state index contributed by atoms with van der Waals surface area (Å²) in [6.45, 7) is 9.74.